The fourth-order valence-corrected chi connectivity index (χ4v) is 4.46. The lowest BCUT2D eigenvalue weighted by molar-refractivity contribution is 0.0714. The van der Waals surface area contributed by atoms with Crippen molar-refractivity contribution in [2.24, 2.45) is 0 Å². The molecule has 0 aliphatic carbocycles. The maximum absolute atomic E-state index is 13.7. The summed E-state index contributed by atoms with van der Waals surface area (Å²) in [7, 11) is 1.61. The Kier molecular flexibility index (Phi) is 5.05. The lowest BCUT2D eigenvalue weighted by Crippen LogP contribution is -2.29. The molecule has 5 nitrogen and oxygen atoms in total. The van der Waals surface area contributed by atoms with Crippen LogP contribution in [0.25, 0.3) is 11.0 Å². The summed E-state index contributed by atoms with van der Waals surface area (Å²) < 4.78 is 11.4. The molecular weight excluding hydrogens is 414 g/mol. The molecule has 0 saturated heterocycles. The molecule has 0 bridgehead atoms. The molecule has 166 valence electrons. The summed E-state index contributed by atoms with van der Waals surface area (Å²) in [5.41, 5.74) is 5.68. The first kappa shape index (κ1) is 21.0. The lowest BCUT2D eigenvalue weighted by Gasteiger charge is -2.25. The maximum Gasteiger partial charge on any atom is 0.291 e. The van der Waals surface area contributed by atoms with Gasteiger partial charge in [-0.05, 0) is 67.3 Å². The van der Waals surface area contributed by atoms with E-state index in [2.05, 4.69) is 0 Å². The van der Waals surface area contributed by atoms with Gasteiger partial charge in [0.2, 0.25) is 5.76 Å². The SMILES string of the molecule is COc1ccc(C2c3c(oc4cc(C)c(C)cc4c3=O)C(=O)N2Cc2ccc(C)cc2)cc1. The molecule has 0 spiro atoms. The smallest absolute Gasteiger partial charge is 0.291 e. The molecule has 0 radical (unpaired) electrons. The second-order valence-electron chi connectivity index (χ2n) is 8.70. The molecule has 1 aliphatic heterocycles. The summed E-state index contributed by atoms with van der Waals surface area (Å²) in [5, 5.41) is 0.500. The van der Waals surface area contributed by atoms with Gasteiger partial charge in [-0.1, -0.05) is 42.0 Å². The van der Waals surface area contributed by atoms with Crippen LogP contribution in [0, 0.1) is 20.8 Å². The van der Waals surface area contributed by atoms with Gasteiger partial charge in [0.25, 0.3) is 5.91 Å². The summed E-state index contributed by atoms with van der Waals surface area (Å²) in [4.78, 5) is 29.0. The fraction of sp³-hybridized carbons (Fsp3) is 0.214. The molecule has 1 amide bonds. The van der Waals surface area contributed by atoms with Crippen LogP contribution in [0.1, 0.15) is 50.0 Å². The van der Waals surface area contributed by atoms with Crippen LogP contribution in [-0.2, 0) is 6.54 Å². The van der Waals surface area contributed by atoms with Crippen molar-refractivity contribution in [3.63, 3.8) is 0 Å². The van der Waals surface area contributed by atoms with Crippen molar-refractivity contribution >= 4 is 16.9 Å². The van der Waals surface area contributed by atoms with Crippen LogP contribution in [0.5, 0.6) is 5.75 Å². The predicted molar refractivity (Wildman–Crippen MR) is 128 cm³/mol. The van der Waals surface area contributed by atoms with Gasteiger partial charge in [-0.25, -0.2) is 0 Å². The van der Waals surface area contributed by atoms with Crippen LogP contribution in [0.4, 0.5) is 0 Å². The molecule has 0 N–H and O–H groups in total. The average Bonchev–Trinajstić information content (AvgIpc) is 3.08. The van der Waals surface area contributed by atoms with Gasteiger partial charge >= 0.3 is 0 Å². The topological polar surface area (TPSA) is 59.8 Å². The van der Waals surface area contributed by atoms with Crippen molar-refractivity contribution in [1.82, 2.24) is 4.90 Å². The first-order chi connectivity index (χ1) is 15.9. The molecule has 0 saturated carbocycles. The molecule has 1 aromatic heterocycles. The highest BCUT2D eigenvalue weighted by Gasteiger charge is 2.42. The third-order valence-corrected chi connectivity index (χ3v) is 6.49. The van der Waals surface area contributed by atoms with Crippen molar-refractivity contribution in [3.05, 3.63) is 110 Å². The number of carbonyl (C=O) groups excluding carboxylic acids is 1. The molecule has 1 atom stereocenters. The van der Waals surface area contributed by atoms with E-state index in [1.54, 1.807) is 12.0 Å². The van der Waals surface area contributed by atoms with Crippen LogP contribution in [0.3, 0.4) is 0 Å². The molecule has 3 aromatic carbocycles. The van der Waals surface area contributed by atoms with Crippen LogP contribution < -0.4 is 10.2 Å². The Morgan fingerprint density at radius 1 is 0.909 bits per heavy atom. The van der Waals surface area contributed by atoms with E-state index in [1.807, 2.05) is 81.4 Å². The summed E-state index contributed by atoms with van der Waals surface area (Å²) in [6.07, 6.45) is 0. The molecule has 0 fully saturated rings. The van der Waals surface area contributed by atoms with Gasteiger partial charge in [-0.15, -0.1) is 0 Å². The molecule has 1 unspecified atom stereocenters. The number of rotatable bonds is 4. The van der Waals surface area contributed by atoms with Gasteiger partial charge in [0.15, 0.2) is 5.43 Å². The van der Waals surface area contributed by atoms with Crippen molar-refractivity contribution < 1.29 is 13.9 Å². The Morgan fingerprint density at radius 2 is 1.58 bits per heavy atom. The molecule has 5 rings (SSSR count). The van der Waals surface area contributed by atoms with Crippen LogP contribution in [0.2, 0.25) is 0 Å². The molecule has 4 aromatic rings. The first-order valence-electron chi connectivity index (χ1n) is 11.0. The number of fused-ring (bicyclic) bond motifs is 2. The number of hydrogen-bond acceptors (Lipinski definition) is 4. The zero-order valence-electron chi connectivity index (χ0n) is 19.1. The van der Waals surface area contributed by atoms with E-state index in [1.165, 1.54) is 0 Å². The van der Waals surface area contributed by atoms with Crippen LogP contribution in [-0.4, -0.2) is 17.9 Å². The minimum absolute atomic E-state index is 0.128. The maximum atomic E-state index is 13.7. The van der Waals surface area contributed by atoms with Gasteiger partial charge < -0.3 is 14.1 Å². The Morgan fingerprint density at radius 3 is 2.24 bits per heavy atom. The van der Waals surface area contributed by atoms with Gasteiger partial charge in [0, 0.05) is 6.54 Å². The van der Waals surface area contributed by atoms with Crippen molar-refractivity contribution in [2.45, 2.75) is 33.4 Å². The molecular formula is C28H25NO4. The summed E-state index contributed by atoms with van der Waals surface area (Å²) in [6.45, 7) is 6.33. The number of aryl methyl sites for hydroxylation is 3. The minimum atomic E-state index is -0.540. The predicted octanol–water partition coefficient (Wildman–Crippen LogP) is 5.47. The third-order valence-electron chi connectivity index (χ3n) is 6.49. The lowest BCUT2D eigenvalue weighted by atomic mass is 9.97. The number of benzene rings is 3. The van der Waals surface area contributed by atoms with E-state index in [9.17, 15) is 9.59 Å². The van der Waals surface area contributed by atoms with E-state index >= 15 is 0 Å². The summed E-state index contributed by atoms with van der Waals surface area (Å²) >= 11 is 0. The van der Waals surface area contributed by atoms with E-state index in [4.69, 9.17) is 9.15 Å². The van der Waals surface area contributed by atoms with E-state index < -0.39 is 6.04 Å². The van der Waals surface area contributed by atoms with Gasteiger partial charge in [-0.3, -0.25) is 9.59 Å². The number of ether oxygens (including phenoxy) is 1. The zero-order chi connectivity index (χ0) is 23.3. The highest BCUT2D eigenvalue weighted by Crippen LogP contribution is 2.39. The van der Waals surface area contributed by atoms with E-state index in [-0.39, 0.29) is 17.1 Å². The monoisotopic (exact) mass is 439 g/mol. The molecule has 2 heterocycles. The Labute approximate surface area is 192 Å². The Bertz CT molecular complexity index is 1430. The highest BCUT2D eigenvalue weighted by atomic mass is 16.5. The van der Waals surface area contributed by atoms with Gasteiger partial charge in [0.1, 0.15) is 11.3 Å². The number of nitrogens with zero attached hydrogens (tertiary/aromatic N) is 1. The van der Waals surface area contributed by atoms with Crippen LogP contribution in [0.15, 0.2) is 69.9 Å². The first-order valence-corrected chi connectivity index (χ1v) is 11.0. The highest BCUT2D eigenvalue weighted by molar-refractivity contribution is 5.99. The minimum Gasteiger partial charge on any atom is -0.497 e. The average molecular weight is 440 g/mol. The molecule has 5 heteroatoms. The second-order valence-corrected chi connectivity index (χ2v) is 8.70. The number of amides is 1. The quantitative estimate of drug-likeness (QED) is 0.423. The van der Waals surface area contributed by atoms with Gasteiger partial charge in [-0.2, -0.15) is 0 Å². The number of methoxy groups -OCH3 is 1. The Balaban J connectivity index is 1.71. The van der Waals surface area contributed by atoms with Crippen LogP contribution >= 0.6 is 0 Å². The molecule has 33 heavy (non-hydrogen) atoms. The normalized spacial score (nSPS) is 15.2. The Hall–Kier alpha value is -3.86. The third kappa shape index (κ3) is 3.50. The zero-order valence-corrected chi connectivity index (χ0v) is 19.1. The fourth-order valence-electron chi connectivity index (χ4n) is 4.46. The van der Waals surface area contributed by atoms with Crippen molar-refractivity contribution in [1.29, 1.82) is 0 Å². The number of carbonyl (C=O) groups is 1. The summed E-state index contributed by atoms with van der Waals surface area (Å²) in [6, 6.07) is 18.7. The standard InChI is InChI=1S/C28H25NO4/c1-16-5-7-19(8-6-16)15-29-25(20-9-11-21(32-4)12-10-20)24-26(30)22-13-17(2)18(3)14-23(22)33-27(24)28(29)31/h5-14,25H,15H2,1-4H3. The number of hydrogen-bond donors (Lipinski definition) is 0. The van der Waals surface area contributed by atoms with Gasteiger partial charge in [0.05, 0.1) is 24.1 Å². The van der Waals surface area contributed by atoms with E-state index in [0.717, 1.165) is 27.8 Å². The largest absolute Gasteiger partial charge is 0.497 e. The molecule has 1 aliphatic rings. The second kappa shape index (κ2) is 7.93. The van der Waals surface area contributed by atoms with Crippen molar-refractivity contribution in [2.75, 3.05) is 7.11 Å². The van der Waals surface area contributed by atoms with E-state index in [0.29, 0.717) is 28.8 Å². The summed E-state index contributed by atoms with van der Waals surface area (Å²) in [5.74, 6) is 0.567. The van der Waals surface area contributed by atoms with Crippen molar-refractivity contribution in [3.8, 4) is 5.75 Å².